The standard InChI is InChI=1S/C20H23NO5/c22-19(23)13-25-18-8-6-16(7-9-18)12-21-11-10-20(24,14-21)15-26-17-4-2-1-3-5-17/h1-9,24H,10-15H2,(H,22,23)/t20-/m0/s1. The van der Waals surface area contributed by atoms with E-state index in [1.54, 1.807) is 12.1 Å². The predicted molar refractivity (Wildman–Crippen MR) is 96.4 cm³/mol. The number of ether oxygens (including phenoxy) is 2. The van der Waals surface area contributed by atoms with Crippen molar-refractivity contribution in [3.8, 4) is 11.5 Å². The number of likely N-dealkylation sites (tertiary alicyclic amines) is 1. The Morgan fingerprint density at radius 2 is 1.73 bits per heavy atom. The SMILES string of the molecule is O=C(O)COc1ccc(CN2CC[C@@](O)(COc3ccccc3)C2)cc1. The third-order valence-corrected chi connectivity index (χ3v) is 4.35. The van der Waals surface area contributed by atoms with E-state index >= 15 is 0 Å². The summed E-state index contributed by atoms with van der Waals surface area (Å²) in [6, 6.07) is 16.8. The number of rotatable bonds is 8. The number of carboxylic acid groups (broad SMARTS) is 1. The average molecular weight is 357 g/mol. The Balaban J connectivity index is 1.48. The number of para-hydroxylation sites is 1. The number of hydrogen-bond donors (Lipinski definition) is 2. The second-order valence-electron chi connectivity index (χ2n) is 6.61. The van der Waals surface area contributed by atoms with Gasteiger partial charge in [0.25, 0.3) is 0 Å². The second kappa shape index (κ2) is 8.21. The molecule has 1 saturated heterocycles. The number of nitrogens with zero attached hydrogens (tertiary/aromatic N) is 1. The summed E-state index contributed by atoms with van der Waals surface area (Å²) in [5.41, 5.74) is 0.237. The Kier molecular flexibility index (Phi) is 5.75. The minimum absolute atomic E-state index is 0.273. The van der Waals surface area contributed by atoms with Gasteiger partial charge in [0.05, 0.1) is 0 Å². The molecule has 1 aliphatic heterocycles. The van der Waals surface area contributed by atoms with Crippen molar-refractivity contribution in [2.75, 3.05) is 26.3 Å². The number of carboxylic acids is 1. The van der Waals surface area contributed by atoms with E-state index in [2.05, 4.69) is 4.90 Å². The molecule has 0 bridgehead atoms. The first-order valence-corrected chi connectivity index (χ1v) is 8.59. The van der Waals surface area contributed by atoms with Gasteiger partial charge >= 0.3 is 5.97 Å². The van der Waals surface area contributed by atoms with Gasteiger partial charge in [-0.05, 0) is 36.2 Å². The first-order chi connectivity index (χ1) is 12.5. The topological polar surface area (TPSA) is 79.2 Å². The van der Waals surface area contributed by atoms with Crippen molar-refractivity contribution in [2.45, 2.75) is 18.6 Å². The minimum atomic E-state index is -0.997. The number of benzene rings is 2. The van der Waals surface area contributed by atoms with E-state index in [-0.39, 0.29) is 13.2 Å². The first-order valence-electron chi connectivity index (χ1n) is 8.59. The van der Waals surface area contributed by atoms with Crippen molar-refractivity contribution in [3.05, 3.63) is 60.2 Å². The molecule has 138 valence electrons. The van der Waals surface area contributed by atoms with E-state index in [1.807, 2.05) is 42.5 Å². The molecule has 1 aliphatic rings. The zero-order valence-electron chi connectivity index (χ0n) is 14.5. The maximum absolute atomic E-state index is 10.7. The van der Waals surface area contributed by atoms with E-state index in [1.165, 1.54) is 0 Å². The first kappa shape index (κ1) is 18.2. The molecule has 2 aromatic rings. The molecule has 1 fully saturated rings. The zero-order chi connectivity index (χ0) is 18.4. The fraction of sp³-hybridized carbons (Fsp3) is 0.350. The van der Waals surface area contributed by atoms with Crippen LogP contribution in [0.2, 0.25) is 0 Å². The summed E-state index contributed by atoms with van der Waals surface area (Å²) in [7, 11) is 0. The van der Waals surface area contributed by atoms with E-state index in [0.29, 0.717) is 25.3 Å². The van der Waals surface area contributed by atoms with E-state index < -0.39 is 11.6 Å². The molecule has 0 aromatic heterocycles. The summed E-state index contributed by atoms with van der Waals surface area (Å²) in [5, 5.41) is 19.3. The van der Waals surface area contributed by atoms with Gasteiger partial charge in [0.1, 0.15) is 23.7 Å². The van der Waals surface area contributed by atoms with Gasteiger partial charge in [-0.1, -0.05) is 30.3 Å². The largest absolute Gasteiger partial charge is 0.491 e. The summed E-state index contributed by atoms with van der Waals surface area (Å²) in [6.45, 7) is 1.99. The lowest BCUT2D eigenvalue weighted by Gasteiger charge is -2.23. The van der Waals surface area contributed by atoms with Crippen molar-refractivity contribution in [2.24, 2.45) is 0 Å². The third-order valence-electron chi connectivity index (χ3n) is 4.35. The van der Waals surface area contributed by atoms with E-state index in [9.17, 15) is 9.90 Å². The Hall–Kier alpha value is -2.57. The molecule has 0 unspecified atom stereocenters. The van der Waals surface area contributed by atoms with Gasteiger partial charge < -0.3 is 19.7 Å². The van der Waals surface area contributed by atoms with Gasteiger partial charge in [-0.3, -0.25) is 4.90 Å². The molecule has 1 heterocycles. The van der Waals surface area contributed by atoms with Crippen LogP contribution in [0, 0.1) is 0 Å². The lowest BCUT2D eigenvalue weighted by Crippen LogP contribution is -2.39. The molecule has 3 rings (SSSR count). The third kappa shape index (κ3) is 5.21. The average Bonchev–Trinajstić information content (AvgIpc) is 3.01. The van der Waals surface area contributed by atoms with Crippen LogP contribution in [-0.4, -0.2) is 53.0 Å². The monoisotopic (exact) mass is 357 g/mol. The second-order valence-corrected chi connectivity index (χ2v) is 6.61. The molecule has 6 heteroatoms. The van der Waals surface area contributed by atoms with Crippen LogP contribution in [0.15, 0.2) is 54.6 Å². The minimum Gasteiger partial charge on any atom is -0.491 e. The maximum atomic E-state index is 10.7. The summed E-state index contributed by atoms with van der Waals surface area (Å²) >= 11 is 0. The molecule has 2 N–H and O–H groups in total. The smallest absolute Gasteiger partial charge is 0.341 e. The summed E-state index contributed by atoms with van der Waals surface area (Å²) < 4.78 is 10.8. The molecular weight excluding hydrogens is 334 g/mol. The van der Waals surface area contributed by atoms with Crippen LogP contribution in [0.5, 0.6) is 11.5 Å². The Morgan fingerprint density at radius 1 is 1.04 bits per heavy atom. The molecular formula is C20H23NO5. The van der Waals surface area contributed by atoms with Gasteiger partial charge in [0.15, 0.2) is 6.61 Å². The van der Waals surface area contributed by atoms with Crippen LogP contribution in [0.3, 0.4) is 0 Å². The summed E-state index contributed by atoms with van der Waals surface area (Å²) in [4.78, 5) is 12.7. The number of hydrogen-bond acceptors (Lipinski definition) is 5. The molecule has 0 aliphatic carbocycles. The molecule has 1 atom stereocenters. The van der Waals surface area contributed by atoms with Crippen molar-refractivity contribution in [1.29, 1.82) is 0 Å². The highest BCUT2D eigenvalue weighted by Gasteiger charge is 2.36. The van der Waals surface area contributed by atoms with E-state index in [4.69, 9.17) is 14.6 Å². The highest BCUT2D eigenvalue weighted by Crippen LogP contribution is 2.25. The van der Waals surface area contributed by atoms with Crippen molar-refractivity contribution < 1.29 is 24.5 Å². The number of aliphatic hydroxyl groups is 1. The number of aliphatic carboxylic acids is 1. The van der Waals surface area contributed by atoms with Crippen LogP contribution in [0.25, 0.3) is 0 Å². The fourth-order valence-electron chi connectivity index (χ4n) is 3.02. The van der Waals surface area contributed by atoms with Gasteiger partial charge in [-0.2, -0.15) is 0 Å². The molecule has 0 spiro atoms. The molecule has 6 nitrogen and oxygen atoms in total. The molecule has 0 radical (unpaired) electrons. The Morgan fingerprint density at radius 3 is 2.42 bits per heavy atom. The van der Waals surface area contributed by atoms with Gasteiger partial charge in [0.2, 0.25) is 0 Å². The molecule has 0 saturated carbocycles. The zero-order valence-corrected chi connectivity index (χ0v) is 14.5. The van der Waals surface area contributed by atoms with Crippen LogP contribution in [-0.2, 0) is 11.3 Å². The van der Waals surface area contributed by atoms with Crippen LogP contribution in [0.4, 0.5) is 0 Å². The Labute approximate surface area is 152 Å². The molecule has 26 heavy (non-hydrogen) atoms. The van der Waals surface area contributed by atoms with E-state index in [0.717, 1.165) is 17.9 Å². The molecule has 0 amide bonds. The summed E-state index contributed by atoms with van der Waals surface area (Å²) in [5.74, 6) is 0.296. The lowest BCUT2D eigenvalue weighted by molar-refractivity contribution is -0.139. The van der Waals surface area contributed by atoms with Crippen molar-refractivity contribution >= 4 is 5.97 Å². The van der Waals surface area contributed by atoms with Gasteiger partial charge in [-0.25, -0.2) is 4.79 Å². The number of β-amino-alcohol motifs (C(OH)–C–C–N with tert-alkyl or cyclic N) is 1. The van der Waals surface area contributed by atoms with Crippen LogP contribution in [0.1, 0.15) is 12.0 Å². The quantitative estimate of drug-likeness (QED) is 0.754. The van der Waals surface area contributed by atoms with Crippen molar-refractivity contribution in [3.63, 3.8) is 0 Å². The van der Waals surface area contributed by atoms with Crippen molar-refractivity contribution in [1.82, 2.24) is 4.90 Å². The highest BCUT2D eigenvalue weighted by molar-refractivity contribution is 5.68. The van der Waals surface area contributed by atoms with Gasteiger partial charge in [-0.15, -0.1) is 0 Å². The van der Waals surface area contributed by atoms with Gasteiger partial charge in [0, 0.05) is 19.6 Å². The normalized spacial score (nSPS) is 20.0. The fourth-order valence-corrected chi connectivity index (χ4v) is 3.02. The molecule has 2 aromatic carbocycles. The number of carbonyl (C=O) groups is 1. The van der Waals surface area contributed by atoms with Crippen LogP contribution >= 0.6 is 0 Å². The lowest BCUT2D eigenvalue weighted by atomic mass is 10.1. The maximum Gasteiger partial charge on any atom is 0.341 e. The Bertz CT molecular complexity index is 719. The van der Waals surface area contributed by atoms with Crippen LogP contribution < -0.4 is 9.47 Å². The predicted octanol–water partition coefficient (Wildman–Crippen LogP) is 2.17. The summed E-state index contributed by atoms with van der Waals surface area (Å²) in [6.07, 6.45) is 0.666. The highest BCUT2D eigenvalue weighted by atomic mass is 16.5.